The molecule has 1 unspecified atom stereocenters. The van der Waals surface area contributed by atoms with Crippen LogP contribution in [0, 0.1) is 6.92 Å². The number of aromatic hydroxyl groups is 1. The van der Waals surface area contributed by atoms with Gasteiger partial charge in [-0.05, 0) is 19.9 Å². The molecule has 9 heteroatoms. The van der Waals surface area contributed by atoms with E-state index in [1.807, 2.05) is 5.32 Å². The molecule has 126 valence electrons. The minimum atomic E-state index is -1.14. The van der Waals surface area contributed by atoms with Crippen molar-refractivity contribution < 1.29 is 24.2 Å². The molecule has 1 aromatic heterocycles. The highest BCUT2D eigenvalue weighted by molar-refractivity contribution is 5.96. The third-order valence-electron chi connectivity index (χ3n) is 3.00. The molecule has 0 bridgehead atoms. The van der Waals surface area contributed by atoms with Gasteiger partial charge < -0.3 is 19.7 Å². The summed E-state index contributed by atoms with van der Waals surface area (Å²) in [5.41, 5.74) is 0.0499. The first-order valence-electron chi connectivity index (χ1n) is 6.87. The van der Waals surface area contributed by atoms with Crippen LogP contribution in [0.5, 0.6) is 5.75 Å². The normalized spacial score (nSPS) is 11.4. The number of urea groups is 1. The van der Waals surface area contributed by atoms with Crippen LogP contribution < -0.4 is 16.2 Å². The number of aromatic nitrogens is 1. The zero-order chi connectivity index (χ0) is 17.6. The summed E-state index contributed by atoms with van der Waals surface area (Å²) in [6.45, 7) is 2.99. The maximum Gasteiger partial charge on any atom is 0.321 e. The summed E-state index contributed by atoms with van der Waals surface area (Å²) in [5.74, 6) is -1.59. The summed E-state index contributed by atoms with van der Waals surface area (Å²) >= 11 is 0. The predicted molar refractivity (Wildman–Crippen MR) is 79.9 cm³/mol. The topological polar surface area (TPSA) is 127 Å². The van der Waals surface area contributed by atoms with Crippen LogP contribution in [-0.2, 0) is 20.9 Å². The summed E-state index contributed by atoms with van der Waals surface area (Å²) in [4.78, 5) is 45.9. The van der Waals surface area contributed by atoms with Crippen molar-refractivity contribution in [2.24, 2.45) is 0 Å². The van der Waals surface area contributed by atoms with Gasteiger partial charge in [0.25, 0.3) is 11.5 Å². The van der Waals surface area contributed by atoms with Gasteiger partial charge in [-0.25, -0.2) is 4.79 Å². The van der Waals surface area contributed by atoms with Crippen LogP contribution in [0.4, 0.5) is 4.79 Å². The first kappa shape index (κ1) is 18.2. The molecule has 0 saturated heterocycles. The lowest BCUT2D eigenvalue weighted by Gasteiger charge is -2.14. The molecule has 0 spiro atoms. The van der Waals surface area contributed by atoms with Crippen molar-refractivity contribution in [2.75, 3.05) is 7.05 Å². The average Bonchev–Trinajstić information content (AvgIpc) is 2.45. The van der Waals surface area contributed by atoms with Gasteiger partial charge in [-0.15, -0.1) is 0 Å². The Hall–Kier alpha value is -2.84. The van der Waals surface area contributed by atoms with E-state index in [9.17, 15) is 24.3 Å². The Kier molecular flexibility index (Phi) is 6.31. The van der Waals surface area contributed by atoms with Crippen molar-refractivity contribution in [3.8, 4) is 5.75 Å². The van der Waals surface area contributed by atoms with Crippen LogP contribution in [0.1, 0.15) is 19.0 Å². The van der Waals surface area contributed by atoms with E-state index >= 15 is 0 Å². The number of carbonyl (C=O) groups excluding carboxylic acids is 3. The van der Waals surface area contributed by atoms with Crippen molar-refractivity contribution in [3.63, 3.8) is 0 Å². The van der Waals surface area contributed by atoms with Crippen molar-refractivity contribution >= 4 is 17.9 Å². The zero-order valence-corrected chi connectivity index (χ0v) is 13.1. The quantitative estimate of drug-likeness (QED) is 0.635. The van der Waals surface area contributed by atoms with E-state index in [0.717, 1.165) is 6.07 Å². The summed E-state index contributed by atoms with van der Waals surface area (Å²) in [6.07, 6.45) is -1.28. The van der Waals surface area contributed by atoms with E-state index in [0.29, 0.717) is 5.69 Å². The number of nitrogens with zero attached hydrogens (tertiary/aromatic N) is 1. The van der Waals surface area contributed by atoms with Gasteiger partial charge in [-0.3, -0.25) is 19.7 Å². The smallest absolute Gasteiger partial charge is 0.321 e. The van der Waals surface area contributed by atoms with Gasteiger partial charge in [-0.1, -0.05) is 0 Å². The van der Waals surface area contributed by atoms with Crippen LogP contribution in [0.2, 0.25) is 0 Å². The SMILES string of the molecule is CNC(=O)NC(=O)C(C)OC(=O)CCn1c(C)cc(O)cc1=O. The lowest BCUT2D eigenvalue weighted by molar-refractivity contribution is -0.154. The third-order valence-corrected chi connectivity index (χ3v) is 3.00. The lowest BCUT2D eigenvalue weighted by Crippen LogP contribution is -2.43. The maximum absolute atomic E-state index is 11.7. The molecule has 23 heavy (non-hydrogen) atoms. The molecule has 0 saturated carbocycles. The molecule has 0 fully saturated rings. The van der Waals surface area contributed by atoms with E-state index in [1.54, 1.807) is 6.92 Å². The van der Waals surface area contributed by atoms with Crippen LogP contribution in [0.3, 0.4) is 0 Å². The van der Waals surface area contributed by atoms with E-state index in [4.69, 9.17) is 4.74 Å². The molecule has 1 aromatic rings. The lowest BCUT2D eigenvalue weighted by atomic mass is 10.3. The monoisotopic (exact) mass is 325 g/mol. The number of ether oxygens (including phenoxy) is 1. The molecular formula is C14H19N3O6. The van der Waals surface area contributed by atoms with Crippen LogP contribution >= 0.6 is 0 Å². The highest BCUT2D eigenvalue weighted by Gasteiger charge is 2.19. The average molecular weight is 325 g/mol. The Morgan fingerprint density at radius 2 is 2.00 bits per heavy atom. The van der Waals surface area contributed by atoms with Crippen LogP contribution in [0.25, 0.3) is 0 Å². The van der Waals surface area contributed by atoms with E-state index in [2.05, 4.69) is 5.32 Å². The predicted octanol–water partition coefficient (Wildman–Crippen LogP) is -0.360. The molecule has 0 aliphatic rings. The highest BCUT2D eigenvalue weighted by Crippen LogP contribution is 2.07. The number of imide groups is 1. The number of aryl methyl sites for hydroxylation is 1. The third kappa shape index (κ3) is 5.46. The molecule has 0 radical (unpaired) electrons. The summed E-state index contributed by atoms with van der Waals surface area (Å²) in [7, 11) is 1.34. The van der Waals surface area contributed by atoms with Gasteiger partial charge in [0.1, 0.15) is 5.75 Å². The fraction of sp³-hybridized carbons (Fsp3) is 0.429. The Bertz CT molecular complexity index is 667. The summed E-state index contributed by atoms with van der Waals surface area (Å²) in [6, 6.07) is 1.73. The molecule has 0 aromatic carbocycles. The fourth-order valence-electron chi connectivity index (χ4n) is 1.79. The fourth-order valence-corrected chi connectivity index (χ4v) is 1.79. The standard InChI is InChI=1S/C14H19N3O6/c1-8-6-10(18)7-11(19)17(8)5-4-12(20)23-9(2)13(21)16-14(22)15-3/h6-7,9,18H,4-5H2,1-3H3,(H2,15,16,21,22). The molecule has 0 aliphatic carbocycles. The number of hydrogen-bond acceptors (Lipinski definition) is 6. The van der Waals surface area contributed by atoms with Crippen LogP contribution in [0.15, 0.2) is 16.9 Å². The maximum atomic E-state index is 11.7. The van der Waals surface area contributed by atoms with E-state index < -0.39 is 29.6 Å². The molecular weight excluding hydrogens is 306 g/mol. The molecule has 3 amide bonds. The summed E-state index contributed by atoms with van der Waals surface area (Å²) < 4.78 is 6.19. The second-order valence-corrected chi connectivity index (χ2v) is 4.80. The number of carbonyl (C=O) groups is 3. The number of rotatable bonds is 5. The van der Waals surface area contributed by atoms with Gasteiger partial charge >= 0.3 is 12.0 Å². The minimum absolute atomic E-state index is 0.0492. The molecule has 1 atom stereocenters. The second-order valence-electron chi connectivity index (χ2n) is 4.80. The van der Waals surface area contributed by atoms with Gasteiger partial charge in [0.05, 0.1) is 6.42 Å². The van der Waals surface area contributed by atoms with Gasteiger partial charge in [0.15, 0.2) is 6.10 Å². The van der Waals surface area contributed by atoms with Crippen molar-refractivity contribution in [3.05, 3.63) is 28.2 Å². The summed E-state index contributed by atoms with van der Waals surface area (Å²) in [5, 5.41) is 13.5. The Morgan fingerprint density at radius 1 is 1.35 bits per heavy atom. The first-order chi connectivity index (χ1) is 10.7. The van der Waals surface area contributed by atoms with Gasteiger partial charge in [-0.2, -0.15) is 0 Å². The Labute approximate surface area is 132 Å². The number of amides is 3. The highest BCUT2D eigenvalue weighted by atomic mass is 16.5. The largest absolute Gasteiger partial charge is 0.508 e. The number of esters is 1. The Balaban J connectivity index is 2.56. The first-order valence-corrected chi connectivity index (χ1v) is 6.87. The van der Waals surface area contributed by atoms with Crippen molar-refractivity contribution in [2.45, 2.75) is 32.9 Å². The number of nitrogens with one attached hydrogen (secondary N) is 2. The molecule has 9 nitrogen and oxygen atoms in total. The minimum Gasteiger partial charge on any atom is -0.508 e. The van der Waals surface area contributed by atoms with Crippen molar-refractivity contribution in [1.82, 2.24) is 15.2 Å². The number of pyridine rings is 1. The Morgan fingerprint density at radius 3 is 2.57 bits per heavy atom. The molecule has 3 N–H and O–H groups in total. The number of hydrogen-bond donors (Lipinski definition) is 3. The van der Waals surface area contributed by atoms with Gasteiger partial charge in [0.2, 0.25) is 0 Å². The zero-order valence-electron chi connectivity index (χ0n) is 13.1. The van der Waals surface area contributed by atoms with E-state index in [-0.39, 0.29) is 18.7 Å². The molecule has 1 heterocycles. The van der Waals surface area contributed by atoms with E-state index in [1.165, 1.54) is 24.6 Å². The second kappa shape index (κ2) is 7.97. The van der Waals surface area contributed by atoms with Crippen molar-refractivity contribution in [1.29, 1.82) is 0 Å². The van der Waals surface area contributed by atoms with Gasteiger partial charge in [0, 0.05) is 25.4 Å². The van der Waals surface area contributed by atoms with Crippen LogP contribution in [-0.4, -0.2) is 40.7 Å². The molecule has 0 aliphatic heterocycles. The molecule has 1 rings (SSSR count).